The van der Waals surface area contributed by atoms with Crippen molar-refractivity contribution in [3.8, 4) is 23.0 Å². The predicted molar refractivity (Wildman–Crippen MR) is 134 cm³/mol. The van der Waals surface area contributed by atoms with E-state index in [1.165, 1.54) is 16.4 Å². The van der Waals surface area contributed by atoms with Crippen molar-refractivity contribution in [2.75, 3.05) is 18.4 Å². The van der Waals surface area contributed by atoms with Crippen molar-refractivity contribution >= 4 is 21.6 Å². The molecular formula is C27H28N2O5S. The third kappa shape index (κ3) is 4.63. The molecule has 0 atom stereocenters. The van der Waals surface area contributed by atoms with Gasteiger partial charge in [0.2, 0.25) is 10.0 Å². The first-order valence-corrected chi connectivity index (χ1v) is 13.2. The number of rotatable bonds is 4. The fourth-order valence-electron chi connectivity index (χ4n) is 4.31. The highest BCUT2D eigenvalue weighted by atomic mass is 32.2. The molecule has 0 saturated carbocycles. The molecule has 0 radical (unpaired) electrons. The Kier molecular flexibility index (Phi) is 6.02. The number of ether oxygens (including phenoxy) is 2. The zero-order valence-corrected chi connectivity index (χ0v) is 20.8. The van der Waals surface area contributed by atoms with E-state index in [1.54, 1.807) is 18.2 Å². The molecule has 0 bridgehead atoms. The molecule has 0 aromatic heterocycles. The molecule has 1 saturated heterocycles. The fraction of sp³-hybridized carbons (Fsp3) is 0.296. The summed E-state index contributed by atoms with van der Waals surface area (Å²) in [6, 6.07) is 15.7. The fourth-order valence-corrected chi connectivity index (χ4v) is 5.90. The number of carbonyl (C=O) groups excluding carboxylic acids is 1. The van der Waals surface area contributed by atoms with Gasteiger partial charge in [-0.25, -0.2) is 8.42 Å². The predicted octanol–water partition coefficient (Wildman–Crippen LogP) is 5.87. The zero-order valence-electron chi connectivity index (χ0n) is 20.0. The summed E-state index contributed by atoms with van der Waals surface area (Å²) >= 11 is 0. The van der Waals surface area contributed by atoms with Crippen molar-refractivity contribution in [3.63, 3.8) is 0 Å². The van der Waals surface area contributed by atoms with Crippen LogP contribution < -0.4 is 14.8 Å². The Labute approximate surface area is 205 Å². The van der Waals surface area contributed by atoms with E-state index in [9.17, 15) is 13.2 Å². The van der Waals surface area contributed by atoms with E-state index in [-0.39, 0.29) is 22.0 Å². The van der Waals surface area contributed by atoms with Crippen molar-refractivity contribution in [2.45, 2.75) is 38.5 Å². The quantitative estimate of drug-likeness (QED) is 0.492. The molecular weight excluding hydrogens is 464 g/mol. The molecule has 3 aromatic rings. The molecule has 2 aliphatic rings. The van der Waals surface area contributed by atoms with Gasteiger partial charge in [0.05, 0.1) is 11.3 Å². The summed E-state index contributed by atoms with van der Waals surface area (Å²) < 4.78 is 41.2. The maximum Gasteiger partial charge on any atom is 0.259 e. The monoisotopic (exact) mass is 492 g/mol. The average Bonchev–Trinajstić information content (AvgIpc) is 2.95. The first-order valence-electron chi connectivity index (χ1n) is 11.7. The molecule has 1 fully saturated rings. The van der Waals surface area contributed by atoms with E-state index in [0.29, 0.717) is 36.2 Å². The summed E-state index contributed by atoms with van der Waals surface area (Å²) in [6.07, 6.45) is 1.58. The van der Waals surface area contributed by atoms with Crippen molar-refractivity contribution < 1.29 is 22.7 Å². The minimum absolute atomic E-state index is 0.0488. The van der Waals surface area contributed by atoms with Gasteiger partial charge in [-0.3, -0.25) is 4.79 Å². The largest absolute Gasteiger partial charge is 0.456 e. The van der Waals surface area contributed by atoms with E-state index in [4.69, 9.17) is 9.47 Å². The van der Waals surface area contributed by atoms with Gasteiger partial charge in [0, 0.05) is 19.2 Å². The van der Waals surface area contributed by atoms with Crippen molar-refractivity contribution in [3.05, 3.63) is 71.3 Å². The van der Waals surface area contributed by atoms with Gasteiger partial charge in [-0.05, 0) is 68.5 Å². The summed E-state index contributed by atoms with van der Waals surface area (Å²) in [5.74, 6) is 1.37. The van der Waals surface area contributed by atoms with E-state index in [2.05, 4.69) is 12.2 Å². The van der Waals surface area contributed by atoms with Crippen LogP contribution in [0.4, 0.5) is 5.69 Å². The third-order valence-corrected chi connectivity index (χ3v) is 8.42. The molecule has 0 spiro atoms. The standard InChI is InChI=1S/C27H28N2O5S/c1-17-4-7-20(8-5-17)33-25-16-23-21(27(30)28-22-9-6-19(3)14-24(22)34-23)15-26(25)35(31,32)29-12-10-18(2)11-13-29/h4-9,14-16,18H,10-13H2,1-3H3,(H,28,30). The average molecular weight is 493 g/mol. The Morgan fingerprint density at radius 3 is 2.34 bits per heavy atom. The van der Waals surface area contributed by atoms with Gasteiger partial charge in [0.25, 0.3) is 5.91 Å². The van der Waals surface area contributed by atoms with E-state index < -0.39 is 15.9 Å². The second-order valence-electron chi connectivity index (χ2n) is 9.35. The minimum Gasteiger partial charge on any atom is -0.456 e. The number of hydrogen-bond donors (Lipinski definition) is 1. The van der Waals surface area contributed by atoms with Crippen molar-refractivity contribution in [1.82, 2.24) is 4.31 Å². The van der Waals surface area contributed by atoms with Gasteiger partial charge in [-0.1, -0.05) is 30.7 Å². The Balaban J connectivity index is 1.63. The SMILES string of the molecule is Cc1ccc(Oc2cc3c(cc2S(=O)(=O)N2CCC(C)CC2)C(=O)Nc2ccc(C)cc2O3)cc1. The molecule has 0 aliphatic carbocycles. The number of nitrogens with zero attached hydrogens (tertiary/aromatic N) is 1. The van der Waals surface area contributed by atoms with E-state index in [0.717, 1.165) is 24.0 Å². The van der Waals surface area contributed by atoms with Gasteiger partial charge in [0.1, 0.15) is 16.4 Å². The number of carbonyl (C=O) groups is 1. The number of nitrogens with one attached hydrogen (secondary N) is 1. The van der Waals surface area contributed by atoms with Crippen molar-refractivity contribution in [2.24, 2.45) is 5.92 Å². The molecule has 1 amide bonds. The maximum atomic E-state index is 13.8. The second-order valence-corrected chi connectivity index (χ2v) is 11.3. The normalized spacial score (nSPS) is 16.5. The van der Waals surface area contributed by atoms with Crippen LogP contribution in [0.5, 0.6) is 23.0 Å². The molecule has 0 unspecified atom stereocenters. The van der Waals surface area contributed by atoms with Crippen LogP contribution in [0.15, 0.2) is 59.5 Å². The Bertz CT molecular complexity index is 1390. The molecule has 8 heteroatoms. The first-order chi connectivity index (χ1) is 16.7. The molecule has 182 valence electrons. The van der Waals surface area contributed by atoms with Gasteiger partial charge >= 0.3 is 0 Å². The lowest BCUT2D eigenvalue weighted by atomic mass is 10.0. The van der Waals surface area contributed by atoms with E-state index >= 15 is 0 Å². The molecule has 5 rings (SSSR count). The van der Waals surface area contributed by atoms with Crippen LogP contribution in [-0.4, -0.2) is 31.7 Å². The number of amides is 1. The number of piperidine rings is 1. The lowest BCUT2D eigenvalue weighted by molar-refractivity contribution is 0.102. The summed E-state index contributed by atoms with van der Waals surface area (Å²) in [5, 5.41) is 2.83. The molecule has 2 aliphatic heterocycles. The summed E-state index contributed by atoms with van der Waals surface area (Å²) in [5.41, 5.74) is 2.68. The van der Waals surface area contributed by atoms with Crippen LogP contribution in [0.1, 0.15) is 41.3 Å². The summed E-state index contributed by atoms with van der Waals surface area (Å²) in [6.45, 7) is 6.87. The highest BCUT2D eigenvalue weighted by Crippen LogP contribution is 2.42. The highest BCUT2D eigenvalue weighted by Gasteiger charge is 2.34. The van der Waals surface area contributed by atoms with Crippen LogP contribution in [0, 0.1) is 19.8 Å². The molecule has 1 N–H and O–H groups in total. The highest BCUT2D eigenvalue weighted by molar-refractivity contribution is 7.89. The summed E-state index contributed by atoms with van der Waals surface area (Å²) in [7, 11) is -3.91. The van der Waals surface area contributed by atoms with Gasteiger partial charge in [-0.15, -0.1) is 0 Å². The number of anilines is 1. The third-order valence-electron chi connectivity index (χ3n) is 6.50. The van der Waals surface area contributed by atoms with Crippen LogP contribution in [0.2, 0.25) is 0 Å². The van der Waals surface area contributed by atoms with Crippen LogP contribution >= 0.6 is 0 Å². The minimum atomic E-state index is -3.91. The molecule has 35 heavy (non-hydrogen) atoms. The number of fused-ring (bicyclic) bond motifs is 2. The molecule has 3 aromatic carbocycles. The Morgan fingerprint density at radius 1 is 0.943 bits per heavy atom. The number of hydrogen-bond acceptors (Lipinski definition) is 5. The van der Waals surface area contributed by atoms with Gasteiger partial charge in [-0.2, -0.15) is 4.31 Å². The zero-order chi connectivity index (χ0) is 24.7. The van der Waals surface area contributed by atoms with Gasteiger partial charge in [0.15, 0.2) is 11.5 Å². The maximum absolute atomic E-state index is 13.8. The lowest BCUT2D eigenvalue weighted by Crippen LogP contribution is -2.38. The van der Waals surface area contributed by atoms with Gasteiger partial charge < -0.3 is 14.8 Å². The lowest BCUT2D eigenvalue weighted by Gasteiger charge is -2.30. The Morgan fingerprint density at radius 2 is 1.63 bits per heavy atom. The van der Waals surface area contributed by atoms with Crippen LogP contribution in [0.25, 0.3) is 0 Å². The number of aryl methyl sites for hydroxylation is 2. The molecule has 7 nitrogen and oxygen atoms in total. The first kappa shape index (κ1) is 23.4. The number of sulfonamides is 1. The topological polar surface area (TPSA) is 84.9 Å². The number of benzene rings is 3. The van der Waals surface area contributed by atoms with Crippen LogP contribution in [0.3, 0.4) is 0 Å². The second kappa shape index (κ2) is 9.02. The Hall–Kier alpha value is -3.36. The van der Waals surface area contributed by atoms with Crippen LogP contribution in [-0.2, 0) is 10.0 Å². The van der Waals surface area contributed by atoms with E-state index in [1.807, 2.05) is 38.1 Å². The smallest absolute Gasteiger partial charge is 0.259 e. The molecule has 2 heterocycles. The summed E-state index contributed by atoms with van der Waals surface area (Å²) in [4.78, 5) is 13.1. The van der Waals surface area contributed by atoms with Crippen molar-refractivity contribution in [1.29, 1.82) is 0 Å².